The Morgan fingerprint density at radius 3 is 2.81 bits per heavy atom. The third-order valence-corrected chi connectivity index (χ3v) is 3.64. The van der Waals surface area contributed by atoms with E-state index in [9.17, 15) is 19.8 Å². The summed E-state index contributed by atoms with van der Waals surface area (Å²) in [6.45, 7) is 2.92. The molecule has 0 bridgehead atoms. The second kappa shape index (κ2) is 5.61. The van der Waals surface area contributed by atoms with Gasteiger partial charge < -0.3 is 14.9 Å². The van der Waals surface area contributed by atoms with Gasteiger partial charge in [0, 0.05) is 0 Å². The van der Waals surface area contributed by atoms with E-state index in [1.54, 1.807) is 0 Å². The number of hydrogen-bond donors (Lipinski definition) is 3. The molecule has 1 aliphatic heterocycles. The van der Waals surface area contributed by atoms with Gasteiger partial charge in [0.1, 0.15) is 18.4 Å². The van der Waals surface area contributed by atoms with Crippen molar-refractivity contribution in [3.05, 3.63) is 27.0 Å². The number of halogens is 1. The molecule has 1 aliphatic rings. The normalized spacial score (nSPS) is 33.3. The van der Waals surface area contributed by atoms with Crippen LogP contribution in [0.1, 0.15) is 20.1 Å². The monoisotopic (exact) mass is 315 g/mol. The van der Waals surface area contributed by atoms with Gasteiger partial charge in [-0.1, -0.05) is 17.5 Å². The average molecular weight is 316 g/mol. The summed E-state index contributed by atoms with van der Waals surface area (Å²) in [5.74, 6) is 5.14. The van der Waals surface area contributed by atoms with Crippen molar-refractivity contribution in [3.63, 3.8) is 0 Å². The molecule has 5 atom stereocenters. The lowest BCUT2D eigenvalue weighted by molar-refractivity contribution is -0.0810. The van der Waals surface area contributed by atoms with E-state index in [1.165, 1.54) is 13.8 Å². The highest BCUT2D eigenvalue weighted by molar-refractivity contribution is 6.27. The summed E-state index contributed by atoms with van der Waals surface area (Å²) in [5.41, 5.74) is -1.53. The number of alkyl halides is 1. The van der Waals surface area contributed by atoms with E-state index in [0.29, 0.717) is 0 Å². The van der Waals surface area contributed by atoms with Crippen LogP contribution in [0.5, 0.6) is 0 Å². The van der Waals surface area contributed by atoms with Crippen molar-refractivity contribution in [1.29, 1.82) is 0 Å². The minimum Gasteiger partial charge on any atom is -0.391 e. The van der Waals surface area contributed by atoms with E-state index in [2.05, 4.69) is 16.9 Å². The standard InChI is InChI=1S/C12H14ClN3O5/c1-3-4-12(13)9(19)8(6(2)17)21-10(12)16-11(20)15-7(18)5-14-16/h5-6,8-10,17,19H,1-2H3,(H,15,18,20)/t6-,8+,9?,10+,12+/m0/s1. The number of hydrogen-bond acceptors (Lipinski definition) is 6. The third-order valence-electron chi connectivity index (χ3n) is 3.14. The van der Waals surface area contributed by atoms with Crippen LogP contribution in [0.3, 0.4) is 0 Å². The number of aromatic nitrogens is 3. The molecule has 0 saturated carbocycles. The number of ether oxygens (including phenoxy) is 1. The second-order valence-electron chi connectivity index (χ2n) is 4.67. The lowest BCUT2D eigenvalue weighted by atomic mass is 9.97. The quantitative estimate of drug-likeness (QED) is 0.455. The molecule has 1 aromatic heterocycles. The van der Waals surface area contributed by atoms with Gasteiger partial charge in [-0.05, 0) is 13.8 Å². The minimum absolute atomic E-state index is 0.677. The van der Waals surface area contributed by atoms with Gasteiger partial charge in [-0.15, -0.1) is 5.92 Å². The maximum atomic E-state index is 11.8. The molecule has 2 rings (SSSR count). The Morgan fingerprint density at radius 1 is 1.62 bits per heavy atom. The highest BCUT2D eigenvalue weighted by Crippen LogP contribution is 2.43. The molecule has 0 radical (unpaired) electrons. The maximum absolute atomic E-state index is 11.8. The smallest absolute Gasteiger partial charge is 0.347 e. The fourth-order valence-electron chi connectivity index (χ4n) is 2.18. The summed E-state index contributed by atoms with van der Waals surface area (Å²) in [6.07, 6.45) is -3.82. The van der Waals surface area contributed by atoms with Crippen LogP contribution in [0.4, 0.5) is 0 Å². The summed E-state index contributed by atoms with van der Waals surface area (Å²) < 4.78 is 6.24. The van der Waals surface area contributed by atoms with Crippen LogP contribution in [-0.4, -0.2) is 48.2 Å². The van der Waals surface area contributed by atoms with E-state index in [-0.39, 0.29) is 0 Å². The van der Waals surface area contributed by atoms with Crippen LogP contribution >= 0.6 is 11.6 Å². The first kappa shape index (κ1) is 15.7. The highest BCUT2D eigenvalue weighted by Gasteiger charge is 2.57. The summed E-state index contributed by atoms with van der Waals surface area (Å²) in [5, 5.41) is 23.6. The van der Waals surface area contributed by atoms with Gasteiger partial charge in [0.15, 0.2) is 11.1 Å². The van der Waals surface area contributed by atoms with Crippen LogP contribution in [0, 0.1) is 11.8 Å². The number of rotatable bonds is 2. The van der Waals surface area contributed by atoms with Gasteiger partial charge >= 0.3 is 5.69 Å². The molecular formula is C12H14ClN3O5. The molecule has 1 saturated heterocycles. The summed E-state index contributed by atoms with van der Waals surface area (Å²) in [6, 6.07) is 0. The maximum Gasteiger partial charge on any atom is 0.347 e. The van der Waals surface area contributed by atoms with E-state index >= 15 is 0 Å². The average Bonchev–Trinajstić information content (AvgIpc) is 2.64. The first-order chi connectivity index (χ1) is 9.81. The number of nitrogens with one attached hydrogen (secondary N) is 1. The molecule has 1 unspecified atom stereocenters. The van der Waals surface area contributed by atoms with Crippen LogP contribution < -0.4 is 11.2 Å². The number of H-pyrrole nitrogens is 1. The van der Waals surface area contributed by atoms with Gasteiger partial charge in [0.05, 0.1) is 6.10 Å². The minimum atomic E-state index is -1.68. The van der Waals surface area contributed by atoms with Crippen molar-refractivity contribution in [1.82, 2.24) is 14.8 Å². The lowest BCUT2D eigenvalue weighted by Crippen LogP contribution is -2.46. The molecule has 1 aromatic rings. The Balaban J connectivity index is 2.56. The number of aromatic amines is 1. The van der Waals surface area contributed by atoms with Gasteiger partial charge in [-0.25, -0.2) is 4.79 Å². The van der Waals surface area contributed by atoms with Gasteiger partial charge in [-0.3, -0.25) is 9.78 Å². The summed E-state index contributed by atoms with van der Waals surface area (Å²) >= 11 is 6.32. The molecule has 2 heterocycles. The molecule has 114 valence electrons. The Hall–Kier alpha value is -1.66. The van der Waals surface area contributed by atoms with Crippen molar-refractivity contribution < 1.29 is 14.9 Å². The second-order valence-corrected chi connectivity index (χ2v) is 5.29. The molecule has 0 aromatic carbocycles. The Kier molecular flexibility index (Phi) is 4.20. The Bertz CT molecular complexity index is 703. The van der Waals surface area contributed by atoms with Gasteiger partial charge in [0.25, 0.3) is 5.56 Å². The van der Waals surface area contributed by atoms with Crippen molar-refractivity contribution in [2.24, 2.45) is 0 Å². The van der Waals surface area contributed by atoms with Crippen molar-refractivity contribution in [2.75, 3.05) is 0 Å². The lowest BCUT2D eigenvalue weighted by Gasteiger charge is -2.24. The fraction of sp³-hybridized carbons (Fsp3) is 0.583. The summed E-state index contributed by atoms with van der Waals surface area (Å²) in [7, 11) is 0. The van der Waals surface area contributed by atoms with Crippen molar-refractivity contribution >= 4 is 11.6 Å². The fourth-order valence-corrected chi connectivity index (χ4v) is 2.54. The largest absolute Gasteiger partial charge is 0.391 e. The molecule has 3 N–H and O–H groups in total. The van der Waals surface area contributed by atoms with Crippen molar-refractivity contribution in [2.45, 2.75) is 43.3 Å². The van der Waals surface area contributed by atoms with Crippen molar-refractivity contribution in [3.8, 4) is 11.8 Å². The van der Waals surface area contributed by atoms with E-state index < -0.39 is 40.7 Å². The Labute approximate surface area is 124 Å². The van der Waals surface area contributed by atoms with Gasteiger partial charge in [0.2, 0.25) is 0 Å². The molecule has 0 spiro atoms. The molecule has 21 heavy (non-hydrogen) atoms. The van der Waals surface area contributed by atoms with Gasteiger partial charge in [-0.2, -0.15) is 9.78 Å². The zero-order valence-corrected chi connectivity index (χ0v) is 12.0. The molecule has 8 nitrogen and oxygen atoms in total. The SMILES string of the molecule is CC#C[C@@]1(Cl)C(O)[C@@H]([C@H](C)O)O[C@H]1n1ncc(=O)[nH]c1=O. The van der Waals surface area contributed by atoms with Crippen LogP contribution in [0.15, 0.2) is 15.8 Å². The van der Waals surface area contributed by atoms with Crippen LogP contribution in [0.25, 0.3) is 0 Å². The number of nitrogens with zero attached hydrogens (tertiary/aromatic N) is 2. The summed E-state index contributed by atoms with van der Waals surface area (Å²) in [4.78, 5) is 23.2. The first-order valence-electron chi connectivity index (χ1n) is 6.14. The third kappa shape index (κ3) is 2.61. The molecular weight excluding hydrogens is 302 g/mol. The zero-order valence-electron chi connectivity index (χ0n) is 11.3. The zero-order chi connectivity index (χ0) is 15.8. The topological polar surface area (TPSA) is 117 Å². The van der Waals surface area contributed by atoms with Crippen LogP contribution in [-0.2, 0) is 4.74 Å². The Morgan fingerprint density at radius 2 is 2.29 bits per heavy atom. The predicted molar refractivity (Wildman–Crippen MR) is 72.7 cm³/mol. The molecule has 9 heteroatoms. The van der Waals surface area contributed by atoms with E-state index in [0.717, 1.165) is 10.9 Å². The first-order valence-corrected chi connectivity index (χ1v) is 6.51. The number of aliphatic hydroxyl groups is 2. The number of aliphatic hydroxyl groups excluding tert-OH is 2. The predicted octanol–water partition coefficient (Wildman–Crippen LogP) is -1.43. The molecule has 0 amide bonds. The highest BCUT2D eigenvalue weighted by atomic mass is 35.5. The van der Waals surface area contributed by atoms with E-state index in [1.807, 2.05) is 4.98 Å². The van der Waals surface area contributed by atoms with Crippen LogP contribution in [0.2, 0.25) is 0 Å². The molecule has 1 fully saturated rings. The molecule has 0 aliphatic carbocycles. The van der Waals surface area contributed by atoms with E-state index in [4.69, 9.17) is 16.3 Å².